The normalized spacial score (nSPS) is 11.2. The van der Waals surface area contributed by atoms with Crippen LogP contribution in [0.4, 0.5) is 0 Å². The first-order valence-electron chi connectivity index (χ1n) is 10.7. The molecule has 0 aliphatic heterocycles. The second-order valence-corrected chi connectivity index (χ2v) is 8.67. The highest BCUT2D eigenvalue weighted by atomic mass is 127. The Balaban J connectivity index is 1.50. The van der Waals surface area contributed by atoms with Crippen LogP contribution in [0, 0.1) is 3.57 Å². The molecule has 4 aromatic rings. The van der Waals surface area contributed by atoms with Crippen molar-refractivity contribution in [3.63, 3.8) is 0 Å². The van der Waals surface area contributed by atoms with Crippen molar-refractivity contribution in [3.05, 3.63) is 117 Å². The third-order valence-electron chi connectivity index (χ3n) is 5.40. The maximum Gasteiger partial charge on any atom is 0.126 e. The SMILES string of the molecule is COc1ccccc1C=Cc1ccc(-c2ccc(C=Cc3ccccc3OC)cc2I)cc1. The molecule has 0 N–H and O–H groups in total. The quantitative estimate of drug-likeness (QED) is 0.172. The molecule has 0 fully saturated rings. The van der Waals surface area contributed by atoms with E-state index in [-0.39, 0.29) is 0 Å². The fourth-order valence-electron chi connectivity index (χ4n) is 3.62. The second kappa shape index (κ2) is 11.0. The van der Waals surface area contributed by atoms with E-state index in [1.807, 2.05) is 36.4 Å². The molecule has 0 heterocycles. The van der Waals surface area contributed by atoms with Crippen molar-refractivity contribution in [2.75, 3.05) is 14.2 Å². The third kappa shape index (κ3) is 5.74. The molecule has 3 heteroatoms. The first-order chi connectivity index (χ1) is 16.2. The molecule has 0 atom stereocenters. The van der Waals surface area contributed by atoms with Gasteiger partial charge in [0.05, 0.1) is 14.2 Å². The van der Waals surface area contributed by atoms with Crippen molar-refractivity contribution < 1.29 is 9.47 Å². The summed E-state index contributed by atoms with van der Waals surface area (Å²) >= 11 is 2.41. The Morgan fingerprint density at radius 2 is 1.09 bits per heavy atom. The number of hydrogen-bond acceptors (Lipinski definition) is 2. The maximum absolute atomic E-state index is 5.43. The molecular formula is C30H25IO2. The molecule has 0 saturated carbocycles. The van der Waals surface area contributed by atoms with E-state index >= 15 is 0 Å². The molecule has 0 bridgehead atoms. The van der Waals surface area contributed by atoms with E-state index in [1.165, 1.54) is 14.7 Å². The van der Waals surface area contributed by atoms with Gasteiger partial charge in [-0.3, -0.25) is 0 Å². The lowest BCUT2D eigenvalue weighted by Gasteiger charge is -2.08. The van der Waals surface area contributed by atoms with Gasteiger partial charge in [0.2, 0.25) is 0 Å². The summed E-state index contributed by atoms with van der Waals surface area (Å²) in [6, 6.07) is 31.2. The lowest BCUT2D eigenvalue weighted by atomic mass is 10.0. The van der Waals surface area contributed by atoms with Gasteiger partial charge >= 0.3 is 0 Å². The Labute approximate surface area is 209 Å². The number of benzene rings is 4. The Morgan fingerprint density at radius 3 is 1.64 bits per heavy atom. The molecule has 164 valence electrons. The molecule has 2 nitrogen and oxygen atoms in total. The minimum absolute atomic E-state index is 0.875. The minimum atomic E-state index is 0.875. The summed E-state index contributed by atoms with van der Waals surface area (Å²) in [5.41, 5.74) is 6.87. The first kappa shape index (κ1) is 22.9. The van der Waals surface area contributed by atoms with E-state index in [0.29, 0.717) is 0 Å². The van der Waals surface area contributed by atoms with Gasteiger partial charge in [-0.1, -0.05) is 97.1 Å². The molecule has 4 rings (SSSR count). The standard InChI is InChI=1S/C30H25IO2/c1-32-29-9-5-3-7-25(29)18-13-22-11-16-24(17-12-22)27-20-15-23(21-28(27)31)14-19-26-8-4-6-10-30(26)33-2/h3-21H,1-2H3. The van der Waals surface area contributed by atoms with E-state index in [4.69, 9.17) is 9.47 Å². The molecule has 33 heavy (non-hydrogen) atoms. The number of para-hydroxylation sites is 2. The maximum atomic E-state index is 5.43. The van der Waals surface area contributed by atoms with Gasteiger partial charge in [-0.15, -0.1) is 0 Å². The fraction of sp³-hybridized carbons (Fsp3) is 0.0667. The summed E-state index contributed by atoms with van der Waals surface area (Å²) in [5, 5.41) is 0. The van der Waals surface area contributed by atoms with Crippen molar-refractivity contribution in [1.82, 2.24) is 0 Å². The van der Waals surface area contributed by atoms with Crippen LogP contribution in [0.3, 0.4) is 0 Å². The predicted molar refractivity (Wildman–Crippen MR) is 148 cm³/mol. The van der Waals surface area contributed by atoms with Crippen LogP contribution in [0.2, 0.25) is 0 Å². The van der Waals surface area contributed by atoms with Crippen molar-refractivity contribution in [2.24, 2.45) is 0 Å². The van der Waals surface area contributed by atoms with Crippen molar-refractivity contribution in [2.45, 2.75) is 0 Å². The summed E-state index contributed by atoms with van der Waals surface area (Å²) in [6.45, 7) is 0. The summed E-state index contributed by atoms with van der Waals surface area (Å²) in [6.07, 6.45) is 8.40. The number of methoxy groups -OCH3 is 2. The number of ether oxygens (including phenoxy) is 2. The second-order valence-electron chi connectivity index (χ2n) is 7.51. The molecule has 4 aromatic carbocycles. The van der Waals surface area contributed by atoms with Crippen molar-refractivity contribution in [1.29, 1.82) is 0 Å². The molecule has 0 spiro atoms. The van der Waals surface area contributed by atoms with Crippen LogP contribution < -0.4 is 9.47 Å². The zero-order valence-corrected chi connectivity index (χ0v) is 20.8. The van der Waals surface area contributed by atoms with Gasteiger partial charge in [0.15, 0.2) is 0 Å². The van der Waals surface area contributed by atoms with Gasteiger partial charge in [0, 0.05) is 14.7 Å². The highest BCUT2D eigenvalue weighted by Gasteiger charge is 2.04. The van der Waals surface area contributed by atoms with Gasteiger partial charge in [-0.2, -0.15) is 0 Å². The third-order valence-corrected chi connectivity index (χ3v) is 6.30. The zero-order valence-electron chi connectivity index (χ0n) is 18.7. The first-order valence-corrected chi connectivity index (χ1v) is 11.8. The average molecular weight is 544 g/mol. The highest BCUT2D eigenvalue weighted by Crippen LogP contribution is 2.28. The molecule has 0 aliphatic carbocycles. The van der Waals surface area contributed by atoms with E-state index in [0.717, 1.165) is 33.8 Å². The van der Waals surface area contributed by atoms with Gasteiger partial charge < -0.3 is 9.47 Å². The Morgan fingerprint density at radius 1 is 0.576 bits per heavy atom. The van der Waals surface area contributed by atoms with Gasteiger partial charge in [0.1, 0.15) is 11.5 Å². The smallest absolute Gasteiger partial charge is 0.126 e. The number of halogens is 1. The Bertz CT molecular complexity index is 1290. The van der Waals surface area contributed by atoms with Crippen LogP contribution in [0.15, 0.2) is 91.0 Å². The Hall–Kier alpha value is -3.31. The molecule has 0 unspecified atom stereocenters. The van der Waals surface area contributed by atoms with Crippen LogP contribution in [-0.2, 0) is 0 Å². The van der Waals surface area contributed by atoms with Crippen LogP contribution >= 0.6 is 22.6 Å². The minimum Gasteiger partial charge on any atom is -0.496 e. The summed E-state index contributed by atoms with van der Waals surface area (Å²) < 4.78 is 12.1. The molecule has 0 amide bonds. The van der Waals surface area contributed by atoms with Gasteiger partial charge in [-0.25, -0.2) is 0 Å². The van der Waals surface area contributed by atoms with E-state index in [1.54, 1.807) is 14.2 Å². The largest absolute Gasteiger partial charge is 0.496 e. The average Bonchev–Trinajstić information content (AvgIpc) is 2.87. The molecule has 0 radical (unpaired) electrons. The van der Waals surface area contributed by atoms with E-state index in [9.17, 15) is 0 Å². The van der Waals surface area contributed by atoms with Crippen LogP contribution in [0.5, 0.6) is 11.5 Å². The topological polar surface area (TPSA) is 18.5 Å². The summed E-state index contributed by atoms with van der Waals surface area (Å²) in [5.74, 6) is 1.75. The fourth-order valence-corrected chi connectivity index (χ4v) is 4.47. The predicted octanol–water partition coefficient (Wildman–Crippen LogP) is 8.32. The van der Waals surface area contributed by atoms with Crippen molar-refractivity contribution >= 4 is 46.9 Å². The highest BCUT2D eigenvalue weighted by molar-refractivity contribution is 14.1. The zero-order chi connectivity index (χ0) is 23.0. The molecular weight excluding hydrogens is 519 g/mol. The number of rotatable bonds is 7. The lowest BCUT2D eigenvalue weighted by molar-refractivity contribution is 0.414. The van der Waals surface area contributed by atoms with Crippen molar-refractivity contribution in [3.8, 4) is 22.6 Å². The molecule has 0 aliphatic rings. The van der Waals surface area contributed by atoms with Crippen LogP contribution in [0.1, 0.15) is 22.3 Å². The molecule has 0 saturated heterocycles. The summed E-state index contributed by atoms with van der Waals surface area (Å²) in [7, 11) is 3.40. The van der Waals surface area contributed by atoms with Crippen LogP contribution in [0.25, 0.3) is 35.4 Å². The monoisotopic (exact) mass is 544 g/mol. The molecule has 0 aromatic heterocycles. The summed E-state index contributed by atoms with van der Waals surface area (Å²) in [4.78, 5) is 0. The van der Waals surface area contributed by atoms with Gasteiger partial charge in [-0.05, 0) is 63.0 Å². The van der Waals surface area contributed by atoms with Crippen LogP contribution in [-0.4, -0.2) is 14.2 Å². The van der Waals surface area contributed by atoms with Gasteiger partial charge in [0.25, 0.3) is 0 Å². The Kier molecular flexibility index (Phi) is 7.63. The lowest BCUT2D eigenvalue weighted by Crippen LogP contribution is -1.87. The van der Waals surface area contributed by atoms with E-state index in [2.05, 4.69) is 101 Å². The number of hydrogen-bond donors (Lipinski definition) is 0. The van der Waals surface area contributed by atoms with E-state index < -0.39 is 0 Å².